The van der Waals surface area contributed by atoms with Crippen LogP contribution >= 0.6 is 15.9 Å². The summed E-state index contributed by atoms with van der Waals surface area (Å²) in [6, 6.07) is 3.49. The van der Waals surface area contributed by atoms with Gasteiger partial charge in [-0.25, -0.2) is 18.7 Å². The minimum atomic E-state index is -0.592. The van der Waals surface area contributed by atoms with E-state index >= 15 is 0 Å². The van der Waals surface area contributed by atoms with Crippen molar-refractivity contribution in [2.24, 2.45) is 0 Å². The Hall–Kier alpha value is -1.76. The van der Waals surface area contributed by atoms with Crippen molar-refractivity contribution in [3.63, 3.8) is 0 Å². The number of aromatic nitrogens is 2. The number of nitrogens with one attached hydrogen (secondary N) is 2. The maximum absolute atomic E-state index is 13.6. The molecule has 0 aliphatic heterocycles. The van der Waals surface area contributed by atoms with Crippen molar-refractivity contribution in [2.45, 2.75) is 19.9 Å². The molecule has 7 heteroatoms. The predicted molar refractivity (Wildman–Crippen MR) is 82.2 cm³/mol. The zero-order valence-corrected chi connectivity index (χ0v) is 13.0. The minimum absolute atomic E-state index is 0.203. The number of halogens is 3. The Kier molecular flexibility index (Phi) is 5.44. The highest BCUT2D eigenvalue weighted by Gasteiger charge is 2.09. The molecule has 0 saturated carbocycles. The Labute approximate surface area is 130 Å². The van der Waals surface area contributed by atoms with Gasteiger partial charge in [0.05, 0.1) is 0 Å². The molecule has 0 amide bonds. The Balaban J connectivity index is 2.09. The van der Waals surface area contributed by atoms with Crippen LogP contribution in [-0.4, -0.2) is 16.5 Å². The first-order valence-corrected chi connectivity index (χ1v) is 7.33. The summed E-state index contributed by atoms with van der Waals surface area (Å²) in [5.74, 6) is 0.0452. The fourth-order valence-corrected chi connectivity index (χ4v) is 2.19. The van der Waals surface area contributed by atoms with Crippen LogP contribution in [0.25, 0.3) is 0 Å². The van der Waals surface area contributed by atoms with Gasteiger partial charge in [0.25, 0.3) is 0 Å². The summed E-state index contributed by atoms with van der Waals surface area (Å²) in [7, 11) is 0. The van der Waals surface area contributed by atoms with Crippen molar-refractivity contribution in [1.82, 2.24) is 9.97 Å². The maximum atomic E-state index is 13.6. The molecule has 4 nitrogen and oxygen atoms in total. The van der Waals surface area contributed by atoms with Crippen molar-refractivity contribution in [3.05, 3.63) is 46.2 Å². The second kappa shape index (κ2) is 7.31. The molecule has 0 radical (unpaired) electrons. The smallest absolute Gasteiger partial charge is 0.146 e. The third-order valence-corrected chi connectivity index (χ3v) is 3.54. The standard InChI is InChI=1S/C14H15BrF2N4/c1-2-5-18-13-12(15)14(21-8-20-13)19-7-9-3-4-10(16)6-11(9)17/h3-4,6,8H,2,5,7H2,1H3,(H2,18,19,20,21). The van der Waals surface area contributed by atoms with Crippen molar-refractivity contribution in [3.8, 4) is 0 Å². The summed E-state index contributed by atoms with van der Waals surface area (Å²) in [5.41, 5.74) is 0.366. The lowest BCUT2D eigenvalue weighted by atomic mass is 10.2. The van der Waals surface area contributed by atoms with Crippen LogP contribution in [0.3, 0.4) is 0 Å². The average Bonchev–Trinajstić information content (AvgIpc) is 2.46. The molecule has 21 heavy (non-hydrogen) atoms. The summed E-state index contributed by atoms with van der Waals surface area (Å²) in [4.78, 5) is 8.23. The SMILES string of the molecule is CCCNc1ncnc(NCc2ccc(F)cc2F)c1Br. The molecular weight excluding hydrogens is 342 g/mol. The molecule has 1 heterocycles. The topological polar surface area (TPSA) is 49.8 Å². The fraction of sp³-hybridized carbons (Fsp3) is 0.286. The van der Waals surface area contributed by atoms with Gasteiger partial charge in [-0.1, -0.05) is 13.0 Å². The lowest BCUT2D eigenvalue weighted by Gasteiger charge is -2.11. The van der Waals surface area contributed by atoms with Crippen molar-refractivity contribution >= 4 is 27.6 Å². The molecule has 2 rings (SSSR count). The highest BCUT2D eigenvalue weighted by Crippen LogP contribution is 2.27. The van der Waals surface area contributed by atoms with Crippen LogP contribution in [0.15, 0.2) is 29.0 Å². The highest BCUT2D eigenvalue weighted by molar-refractivity contribution is 9.10. The van der Waals surface area contributed by atoms with Gasteiger partial charge in [0.1, 0.15) is 34.1 Å². The Bertz CT molecular complexity index is 622. The number of hydrogen-bond acceptors (Lipinski definition) is 4. The van der Waals surface area contributed by atoms with Crippen LogP contribution in [0.1, 0.15) is 18.9 Å². The monoisotopic (exact) mass is 356 g/mol. The van der Waals surface area contributed by atoms with Gasteiger partial charge in [-0.15, -0.1) is 0 Å². The molecule has 0 bridgehead atoms. The molecule has 0 aliphatic carbocycles. The second-order valence-electron chi connectivity index (χ2n) is 4.40. The summed E-state index contributed by atoms with van der Waals surface area (Å²) < 4.78 is 27.1. The molecular formula is C14H15BrF2N4. The molecule has 0 unspecified atom stereocenters. The summed E-state index contributed by atoms with van der Waals surface area (Å²) in [5, 5.41) is 6.16. The quantitative estimate of drug-likeness (QED) is 0.822. The minimum Gasteiger partial charge on any atom is -0.369 e. The van der Waals surface area contributed by atoms with E-state index in [9.17, 15) is 8.78 Å². The lowest BCUT2D eigenvalue weighted by molar-refractivity contribution is 0.574. The third kappa shape index (κ3) is 4.10. The summed E-state index contributed by atoms with van der Waals surface area (Å²) in [6.07, 6.45) is 2.39. The van der Waals surface area contributed by atoms with Crippen molar-refractivity contribution in [1.29, 1.82) is 0 Å². The van der Waals surface area contributed by atoms with Gasteiger partial charge in [-0.3, -0.25) is 0 Å². The average molecular weight is 357 g/mol. The number of hydrogen-bond donors (Lipinski definition) is 2. The largest absolute Gasteiger partial charge is 0.369 e. The van der Waals surface area contributed by atoms with Crippen molar-refractivity contribution < 1.29 is 8.78 Å². The van der Waals surface area contributed by atoms with E-state index in [0.717, 1.165) is 19.0 Å². The van der Waals surface area contributed by atoms with Gasteiger partial charge in [-0.05, 0) is 28.4 Å². The number of benzene rings is 1. The Morgan fingerprint density at radius 1 is 1.14 bits per heavy atom. The fourth-order valence-electron chi connectivity index (χ4n) is 1.70. The van der Waals surface area contributed by atoms with Crippen LogP contribution in [0, 0.1) is 11.6 Å². The van der Waals surface area contributed by atoms with Gasteiger partial charge in [-0.2, -0.15) is 0 Å². The van der Waals surface area contributed by atoms with E-state index in [-0.39, 0.29) is 6.54 Å². The molecule has 1 aromatic carbocycles. The summed E-state index contributed by atoms with van der Waals surface area (Å²) in [6.45, 7) is 3.05. The van der Waals surface area contributed by atoms with Crippen LogP contribution in [0.4, 0.5) is 20.4 Å². The van der Waals surface area contributed by atoms with E-state index in [1.54, 1.807) is 0 Å². The van der Waals surface area contributed by atoms with Gasteiger partial charge in [0.2, 0.25) is 0 Å². The second-order valence-corrected chi connectivity index (χ2v) is 5.19. The van der Waals surface area contributed by atoms with E-state index in [4.69, 9.17) is 0 Å². The van der Waals surface area contributed by atoms with Crippen LogP contribution in [0.5, 0.6) is 0 Å². The number of nitrogens with zero attached hydrogens (tertiary/aromatic N) is 2. The molecule has 0 saturated heterocycles. The number of rotatable bonds is 6. The highest BCUT2D eigenvalue weighted by atomic mass is 79.9. The first kappa shape index (κ1) is 15.6. The van der Waals surface area contributed by atoms with Gasteiger partial charge in [0.15, 0.2) is 0 Å². The zero-order chi connectivity index (χ0) is 15.2. The third-order valence-electron chi connectivity index (χ3n) is 2.79. The molecule has 0 atom stereocenters. The molecule has 1 aromatic heterocycles. The van der Waals surface area contributed by atoms with E-state index in [2.05, 4.69) is 43.5 Å². The molecule has 2 aromatic rings. The molecule has 0 spiro atoms. The van der Waals surface area contributed by atoms with Crippen LogP contribution in [0.2, 0.25) is 0 Å². The van der Waals surface area contributed by atoms with Crippen LogP contribution in [-0.2, 0) is 6.54 Å². The first-order chi connectivity index (χ1) is 10.1. The van der Waals surface area contributed by atoms with Gasteiger partial charge < -0.3 is 10.6 Å². The Morgan fingerprint density at radius 2 is 1.86 bits per heavy atom. The summed E-state index contributed by atoms with van der Waals surface area (Å²) >= 11 is 3.41. The zero-order valence-electron chi connectivity index (χ0n) is 11.5. The Morgan fingerprint density at radius 3 is 2.52 bits per heavy atom. The molecule has 0 fully saturated rings. The van der Waals surface area contributed by atoms with Crippen LogP contribution < -0.4 is 10.6 Å². The normalized spacial score (nSPS) is 10.5. The van der Waals surface area contributed by atoms with E-state index in [1.807, 2.05) is 0 Å². The van der Waals surface area contributed by atoms with Gasteiger partial charge in [0, 0.05) is 24.7 Å². The lowest BCUT2D eigenvalue weighted by Crippen LogP contribution is -2.08. The molecule has 0 aliphatic rings. The molecule has 2 N–H and O–H groups in total. The maximum Gasteiger partial charge on any atom is 0.146 e. The predicted octanol–water partition coefficient (Wildman–Crippen LogP) is 3.95. The van der Waals surface area contributed by atoms with E-state index in [1.165, 1.54) is 18.5 Å². The van der Waals surface area contributed by atoms with E-state index < -0.39 is 11.6 Å². The first-order valence-electron chi connectivity index (χ1n) is 6.54. The number of anilines is 2. The van der Waals surface area contributed by atoms with E-state index in [0.29, 0.717) is 21.7 Å². The molecule has 112 valence electrons. The van der Waals surface area contributed by atoms with Gasteiger partial charge >= 0.3 is 0 Å². The van der Waals surface area contributed by atoms with Crippen molar-refractivity contribution in [2.75, 3.05) is 17.2 Å².